The summed E-state index contributed by atoms with van der Waals surface area (Å²) in [6.07, 6.45) is 5.71. The average molecular weight is 237 g/mol. The molecule has 1 aliphatic rings. The number of fused-ring (bicyclic) bond motifs is 1. The van der Waals surface area contributed by atoms with Crippen LogP contribution in [0.2, 0.25) is 0 Å². The van der Waals surface area contributed by atoms with Gasteiger partial charge in [0.15, 0.2) is 0 Å². The lowest BCUT2D eigenvalue weighted by Crippen LogP contribution is -2.27. The maximum atomic E-state index is 9.55. The zero-order valence-corrected chi connectivity index (χ0v) is 10.5. The van der Waals surface area contributed by atoms with E-state index < -0.39 is 0 Å². The lowest BCUT2D eigenvalue weighted by Gasteiger charge is -2.26. The van der Waals surface area contributed by atoms with Gasteiger partial charge in [-0.1, -0.05) is 6.07 Å². The van der Waals surface area contributed by atoms with Gasteiger partial charge in [0, 0.05) is 18.3 Å². The van der Waals surface area contributed by atoms with Crippen molar-refractivity contribution in [2.45, 2.75) is 25.3 Å². The van der Waals surface area contributed by atoms with Crippen LogP contribution in [0, 0.1) is 0 Å². The van der Waals surface area contributed by atoms with Crippen LogP contribution in [-0.4, -0.2) is 23.7 Å². The maximum absolute atomic E-state index is 9.55. The standard InChI is InChI=1S/C13H19NOS/c1-16-8-7-14-13-4-2-3-10-5-6-11(15)9-12(10)13/h5-6,9,13-15H,2-4,7-8H2,1H3. The van der Waals surface area contributed by atoms with Crippen LogP contribution < -0.4 is 5.32 Å². The first-order chi connectivity index (χ1) is 7.81. The van der Waals surface area contributed by atoms with Gasteiger partial charge < -0.3 is 10.4 Å². The molecular formula is C13H19NOS. The molecule has 88 valence electrons. The Kier molecular flexibility index (Phi) is 4.13. The van der Waals surface area contributed by atoms with Crippen LogP contribution in [0.4, 0.5) is 0 Å². The molecule has 0 radical (unpaired) electrons. The van der Waals surface area contributed by atoms with Crippen LogP contribution in [0.5, 0.6) is 5.75 Å². The van der Waals surface area contributed by atoms with Crippen molar-refractivity contribution in [3.8, 4) is 5.75 Å². The smallest absolute Gasteiger partial charge is 0.115 e. The Morgan fingerprint density at radius 1 is 1.50 bits per heavy atom. The van der Waals surface area contributed by atoms with Crippen LogP contribution in [-0.2, 0) is 6.42 Å². The highest BCUT2D eigenvalue weighted by Gasteiger charge is 2.19. The first kappa shape index (κ1) is 11.8. The molecule has 16 heavy (non-hydrogen) atoms. The largest absolute Gasteiger partial charge is 0.508 e. The third kappa shape index (κ3) is 2.71. The summed E-state index contributed by atoms with van der Waals surface area (Å²) in [6, 6.07) is 6.21. The minimum absolute atomic E-state index is 0.386. The molecule has 0 heterocycles. The fourth-order valence-corrected chi connectivity index (χ4v) is 2.66. The number of aryl methyl sites for hydroxylation is 1. The van der Waals surface area contributed by atoms with Gasteiger partial charge in [-0.05, 0) is 48.8 Å². The molecule has 0 spiro atoms. The molecule has 0 aliphatic heterocycles. The first-order valence-corrected chi connectivity index (χ1v) is 7.25. The number of nitrogens with one attached hydrogen (secondary N) is 1. The van der Waals surface area contributed by atoms with E-state index in [-0.39, 0.29) is 0 Å². The highest BCUT2D eigenvalue weighted by atomic mass is 32.2. The Morgan fingerprint density at radius 2 is 2.38 bits per heavy atom. The number of phenolic OH excluding ortho intramolecular Hbond substituents is 1. The van der Waals surface area contributed by atoms with Crippen molar-refractivity contribution in [1.29, 1.82) is 0 Å². The van der Waals surface area contributed by atoms with E-state index in [0.717, 1.165) is 18.7 Å². The molecule has 2 N–H and O–H groups in total. The first-order valence-electron chi connectivity index (χ1n) is 5.85. The van der Waals surface area contributed by atoms with Crippen molar-refractivity contribution in [2.75, 3.05) is 18.6 Å². The van der Waals surface area contributed by atoms with Gasteiger partial charge in [0.1, 0.15) is 5.75 Å². The van der Waals surface area contributed by atoms with E-state index in [1.165, 1.54) is 24.0 Å². The number of benzene rings is 1. The van der Waals surface area contributed by atoms with Gasteiger partial charge in [0.2, 0.25) is 0 Å². The number of aromatic hydroxyl groups is 1. The molecule has 2 nitrogen and oxygen atoms in total. The van der Waals surface area contributed by atoms with Crippen LogP contribution in [0.3, 0.4) is 0 Å². The van der Waals surface area contributed by atoms with Crippen molar-refractivity contribution in [2.24, 2.45) is 0 Å². The monoisotopic (exact) mass is 237 g/mol. The quantitative estimate of drug-likeness (QED) is 0.790. The van der Waals surface area contributed by atoms with Crippen LogP contribution >= 0.6 is 11.8 Å². The minimum atomic E-state index is 0.386. The molecular weight excluding hydrogens is 218 g/mol. The second kappa shape index (κ2) is 5.60. The van der Waals surface area contributed by atoms with Gasteiger partial charge in [0.25, 0.3) is 0 Å². The van der Waals surface area contributed by atoms with E-state index in [4.69, 9.17) is 0 Å². The lowest BCUT2D eigenvalue weighted by molar-refractivity contribution is 0.454. The summed E-state index contributed by atoms with van der Waals surface area (Å²) in [5, 5.41) is 13.1. The van der Waals surface area contributed by atoms with Gasteiger partial charge >= 0.3 is 0 Å². The molecule has 1 aliphatic carbocycles. The van der Waals surface area contributed by atoms with Crippen molar-refractivity contribution < 1.29 is 5.11 Å². The Labute approximate surface area is 101 Å². The highest BCUT2D eigenvalue weighted by Crippen LogP contribution is 2.31. The summed E-state index contributed by atoms with van der Waals surface area (Å²) < 4.78 is 0. The van der Waals surface area contributed by atoms with Crippen molar-refractivity contribution in [3.05, 3.63) is 29.3 Å². The second-order valence-corrected chi connectivity index (χ2v) is 5.26. The van der Waals surface area contributed by atoms with E-state index in [1.54, 1.807) is 6.07 Å². The number of hydrogen-bond donors (Lipinski definition) is 2. The predicted molar refractivity (Wildman–Crippen MR) is 70.2 cm³/mol. The molecule has 1 aromatic rings. The SMILES string of the molecule is CSCCNC1CCCc2ccc(O)cc21. The van der Waals surface area contributed by atoms with E-state index >= 15 is 0 Å². The molecule has 0 aromatic heterocycles. The third-order valence-electron chi connectivity index (χ3n) is 3.14. The molecule has 0 saturated heterocycles. The fourth-order valence-electron chi connectivity index (χ4n) is 2.33. The Balaban J connectivity index is 2.09. The maximum Gasteiger partial charge on any atom is 0.115 e. The minimum Gasteiger partial charge on any atom is -0.508 e. The topological polar surface area (TPSA) is 32.3 Å². The van der Waals surface area contributed by atoms with E-state index in [1.807, 2.05) is 17.8 Å². The summed E-state index contributed by atoms with van der Waals surface area (Å²) in [5.41, 5.74) is 2.69. The zero-order valence-electron chi connectivity index (χ0n) is 9.70. The normalized spacial score (nSPS) is 19.4. The molecule has 0 saturated carbocycles. The summed E-state index contributed by atoms with van der Waals surface area (Å²) in [5.74, 6) is 1.53. The highest BCUT2D eigenvalue weighted by molar-refractivity contribution is 7.98. The van der Waals surface area contributed by atoms with Gasteiger partial charge in [-0.3, -0.25) is 0 Å². The number of thioether (sulfide) groups is 1. The van der Waals surface area contributed by atoms with Crippen LogP contribution in [0.25, 0.3) is 0 Å². The summed E-state index contributed by atoms with van der Waals surface area (Å²) in [6.45, 7) is 1.04. The Morgan fingerprint density at radius 3 is 3.19 bits per heavy atom. The Bertz CT molecular complexity index is 354. The molecule has 1 aromatic carbocycles. The third-order valence-corrected chi connectivity index (χ3v) is 3.75. The van der Waals surface area contributed by atoms with Gasteiger partial charge in [0.05, 0.1) is 0 Å². The zero-order chi connectivity index (χ0) is 11.4. The van der Waals surface area contributed by atoms with Crippen molar-refractivity contribution in [3.63, 3.8) is 0 Å². The molecule has 1 unspecified atom stereocenters. The molecule has 0 amide bonds. The molecule has 0 bridgehead atoms. The van der Waals surface area contributed by atoms with E-state index in [9.17, 15) is 5.11 Å². The predicted octanol–water partition coefficient (Wildman–Crippen LogP) is 2.72. The van der Waals surface area contributed by atoms with Gasteiger partial charge in [-0.25, -0.2) is 0 Å². The van der Waals surface area contributed by atoms with E-state index in [2.05, 4.69) is 17.6 Å². The Hall–Kier alpha value is -0.670. The molecule has 0 fully saturated rings. The average Bonchev–Trinajstić information content (AvgIpc) is 2.30. The molecule has 1 atom stereocenters. The summed E-state index contributed by atoms with van der Waals surface area (Å²) in [4.78, 5) is 0. The number of phenols is 1. The van der Waals surface area contributed by atoms with Crippen molar-refractivity contribution >= 4 is 11.8 Å². The number of hydrogen-bond acceptors (Lipinski definition) is 3. The second-order valence-electron chi connectivity index (χ2n) is 4.27. The fraction of sp³-hybridized carbons (Fsp3) is 0.538. The summed E-state index contributed by atoms with van der Waals surface area (Å²) in [7, 11) is 0. The van der Waals surface area contributed by atoms with Gasteiger partial charge in [-0.15, -0.1) is 0 Å². The lowest BCUT2D eigenvalue weighted by atomic mass is 9.87. The van der Waals surface area contributed by atoms with Gasteiger partial charge in [-0.2, -0.15) is 11.8 Å². The molecule has 2 rings (SSSR count). The van der Waals surface area contributed by atoms with Crippen LogP contribution in [0.15, 0.2) is 18.2 Å². The summed E-state index contributed by atoms with van der Waals surface area (Å²) >= 11 is 1.86. The van der Waals surface area contributed by atoms with Crippen LogP contribution in [0.1, 0.15) is 30.0 Å². The van der Waals surface area contributed by atoms with Crippen molar-refractivity contribution in [1.82, 2.24) is 5.32 Å². The van der Waals surface area contributed by atoms with E-state index in [0.29, 0.717) is 11.8 Å². The molecule has 3 heteroatoms. The number of rotatable bonds is 4.